The second-order valence-corrected chi connectivity index (χ2v) is 12.2. The zero-order chi connectivity index (χ0) is 29.2. The molecule has 0 aliphatic carbocycles. The van der Waals surface area contributed by atoms with Crippen LogP contribution in [0.3, 0.4) is 0 Å². The number of anilines is 1. The highest BCUT2D eigenvalue weighted by Gasteiger charge is 2.55. The van der Waals surface area contributed by atoms with Crippen molar-refractivity contribution in [1.82, 2.24) is 4.90 Å². The molecule has 0 spiro atoms. The number of unbranched alkanes of at least 4 members (excludes halogenated alkanes) is 9. The van der Waals surface area contributed by atoms with Crippen LogP contribution in [0.1, 0.15) is 106 Å². The van der Waals surface area contributed by atoms with E-state index >= 15 is 0 Å². The molecule has 0 aromatic heterocycles. The first kappa shape index (κ1) is 32.6. The summed E-state index contributed by atoms with van der Waals surface area (Å²) in [6.07, 6.45) is 11.0. The molecule has 1 heterocycles. The van der Waals surface area contributed by atoms with Crippen molar-refractivity contribution in [2.24, 2.45) is 5.41 Å². The molecule has 1 aromatic carbocycles. The second kappa shape index (κ2) is 14.7. The summed E-state index contributed by atoms with van der Waals surface area (Å²) >= 11 is 6.19. The number of ketones is 1. The molecule has 8 nitrogen and oxygen atoms in total. The van der Waals surface area contributed by atoms with E-state index in [1.54, 1.807) is 32.9 Å². The molecule has 0 saturated carbocycles. The summed E-state index contributed by atoms with van der Waals surface area (Å²) in [6.45, 7) is 10.4. The van der Waals surface area contributed by atoms with Crippen LogP contribution < -0.4 is 10.1 Å². The average molecular weight is 565 g/mol. The number of carbonyl (C=O) groups is 4. The van der Waals surface area contributed by atoms with Crippen molar-refractivity contribution < 1.29 is 28.7 Å². The number of ether oxygens (including phenoxy) is 2. The van der Waals surface area contributed by atoms with E-state index in [-0.39, 0.29) is 5.69 Å². The molecule has 1 aromatic rings. The number of nitrogens with zero attached hydrogens (tertiary/aromatic N) is 1. The summed E-state index contributed by atoms with van der Waals surface area (Å²) in [6, 6.07) is 3.10. The third-order valence-corrected chi connectivity index (χ3v) is 6.96. The first-order chi connectivity index (χ1) is 18.3. The van der Waals surface area contributed by atoms with Gasteiger partial charge in [0.2, 0.25) is 0 Å². The Morgan fingerprint density at radius 3 is 2.08 bits per heavy atom. The van der Waals surface area contributed by atoms with Crippen molar-refractivity contribution in [2.45, 2.75) is 117 Å². The summed E-state index contributed by atoms with van der Waals surface area (Å²) in [5.74, 6) is -1.81. The highest BCUT2D eigenvalue weighted by Crippen LogP contribution is 2.32. The van der Waals surface area contributed by atoms with E-state index in [2.05, 4.69) is 12.2 Å². The van der Waals surface area contributed by atoms with Gasteiger partial charge in [-0.25, -0.2) is 9.69 Å². The van der Waals surface area contributed by atoms with E-state index in [0.717, 1.165) is 19.3 Å². The van der Waals surface area contributed by atoms with Crippen LogP contribution in [0.5, 0.6) is 5.75 Å². The number of benzene rings is 1. The summed E-state index contributed by atoms with van der Waals surface area (Å²) in [5.41, 5.74) is -2.24. The van der Waals surface area contributed by atoms with Crippen LogP contribution in [0.25, 0.3) is 0 Å². The average Bonchev–Trinajstić information content (AvgIpc) is 3.04. The Morgan fingerprint density at radius 2 is 1.56 bits per heavy atom. The lowest BCUT2D eigenvalue weighted by Crippen LogP contribution is -2.55. The number of imide groups is 1. The number of halogens is 1. The smallest absolute Gasteiger partial charge is 0.418 e. The van der Waals surface area contributed by atoms with Crippen LogP contribution in [0.4, 0.5) is 10.5 Å². The van der Waals surface area contributed by atoms with E-state index in [4.69, 9.17) is 21.1 Å². The summed E-state index contributed by atoms with van der Waals surface area (Å²) in [5, 5.41) is 3.02. The minimum absolute atomic E-state index is 0.255. The van der Waals surface area contributed by atoms with Gasteiger partial charge in [-0.15, -0.1) is 0 Å². The maximum atomic E-state index is 13.5. The van der Waals surface area contributed by atoms with Crippen molar-refractivity contribution in [3.8, 4) is 5.75 Å². The molecule has 1 atom stereocenters. The molecule has 9 heteroatoms. The van der Waals surface area contributed by atoms with E-state index in [0.29, 0.717) is 22.3 Å². The van der Waals surface area contributed by atoms with Crippen LogP contribution in [-0.4, -0.2) is 46.8 Å². The molecular weight excluding hydrogens is 520 g/mol. The van der Waals surface area contributed by atoms with Crippen molar-refractivity contribution in [2.75, 3.05) is 11.9 Å². The van der Waals surface area contributed by atoms with Gasteiger partial charge in [0.05, 0.1) is 12.3 Å². The fraction of sp³-hybridized carbons (Fsp3) is 0.667. The Balaban J connectivity index is 2.03. The molecule has 1 N–H and O–H groups in total. The molecule has 1 saturated heterocycles. The topological polar surface area (TPSA) is 102 Å². The Morgan fingerprint density at radius 1 is 1.00 bits per heavy atom. The van der Waals surface area contributed by atoms with Gasteiger partial charge in [-0.1, -0.05) is 97.1 Å². The van der Waals surface area contributed by atoms with E-state index in [9.17, 15) is 19.2 Å². The molecule has 1 unspecified atom stereocenters. The van der Waals surface area contributed by atoms with Gasteiger partial charge >= 0.3 is 6.09 Å². The number of nitrogens with one attached hydrogen (secondary N) is 1. The van der Waals surface area contributed by atoms with Crippen LogP contribution in [0, 0.1) is 5.41 Å². The zero-order valence-electron chi connectivity index (χ0n) is 24.4. The molecule has 218 valence electrons. The maximum absolute atomic E-state index is 13.5. The maximum Gasteiger partial charge on any atom is 0.418 e. The SMILES string of the molecule is CCCCCCCCCCCCOc1ccc(Cl)cc1NC(=O)C(C(=O)C(C)(C)C)N1C(=O)OC(C)(C)C1=O. The molecule has 3 amide bonds. The quantitative estimate of drug-likeness (QED) is 0.167. The normalized spacial score (nSPS) is 15.7. The molecule has 0 radical (unpaired) electrons. The number of carbonyl (C=O) groups excluding carboxylic acids is 4. The summed E-state index contributed by atoms with van der Waals surface area (Å²) < 4.78 is 11.1. The van der Waals surface area contributed by atoms with Gasteiger partial charge in [-0.05, 0) is 38.5 Å². The van der Waals surface area contributed by atoms with Gasteiger partial charge in [0.1, 0.15) is 5.75 Å². The lowest BCUT2D eigenvalue weighted by molar-refractivity contribution is -0.145. The third kappa shape index (κ3) is 9.52. The Kier molecular flexibility index (Phi) is 12.3. The Hall–Kier alpha value is -2.61. The summed E-state index contributed by atoms with van der Waals surface area (Å²) in [7, 11) is 0. The van der Waals surface area contributed by atoms with Gasteiger partial charge in [0.15, 0.2) is 17.4 Å². The van der Waals surface area contributed by atoms with Gasteiger partial charge in [0, 0.05) is 10.4 Å². The lowest BCUT2D eigenvalue weighted by atomic mass is 9.85. The standard InChI is InChI=1S/C30H45ClN2O6/c1-7-8-9-10-11-12-13-14-15-16-19-38-23-18-17-21(31)20-22(23)32-26(35)24(25(34)29(2,3)4)33-27(36)30(5,6)39-28(33)37/h17-18,20,24H,7-16,19H2,1-6H3,(H,32,35). The van der Waals surface area contributed by atoms with Gasteiger partial charge in [0.25, 0.3) is 11.8 Å². The molecule has 2 rings (SSSR count). The van der Waals surface area contributed by atoms with Crippen LogP contribution >= 0.6 is 11.6 Å². The fourth-order valence-corrected chi connectivity index (χ4v) is 4.54. The second-order valence-electron chi connectivity index (χ2n) is 11.7. The Bertz CT molecular complexity index is 1020. The number of amides is 3. The predicted octanol–water partition coefficient (Wildman–Crippen LogP) is 7.32. The molecule has 1 aliphatic rings. The van der Waals surface area contributed by atoms with Crippen molar-refractivity contribution >= 4 is 41.0 Å². The largest absolute Gasteiger partial charge is 0.491 e. The lowest BCUT2D eigenvalue weighted by Gasteiger charge is -2.28. The van der Waals surface area contributed by atoms with Crippen LogP contribution in [0.15, 0.2) is 18.2 Å². The van der Waals surface area contributed by atoms with Crippen molar-refractivity contribution in [3.63, 3.8) is 0 Å². The minimum Gasteiger partial charge on any atom is -0.491 e. The fourth-order valence-electron chi connectivity index (χ4n) is 4.37. The van der Waals surface area contributed by atoms with Gasteiger partial charge in [-0.2, -0.15) is 0 Å². The first-order valence-electron chi connectivity index (χ1n) is 14.1. The molecule has 39 heavy (non-hydrogen) atoms. The van der Waals surface area contributed by atoms with E-state index in [1.165, 1.54) is 64.9 Å². The number of hydrogen-bond donors (Lipinski definition) is 1. The van der Waals surface area contributed by atoms with E-state index in [1.807, 2.05) is 0 Å². The molecule has 1 aliphatic heterocycles. The van der Waals surface area contributed by atoms with Crippen LogP contribution in [-0.2, 0) is 19.1 Å². The number of Topliss-reactive ketones (excluding diaryl/α,β-unsaturated/α-hetero) is 1. The van der Waals surface area contributed by atoms with Gasteiger partial charge < -0.3 is 14.8 Å². The predicted molar refractivity (Wildman–Crippen MR) is 153 cm³/mol. The van der Waals surface area contributed by atoms with Crippen LogP contribution in [0.2, 0.25) is 5.02 Å². The third-order valence-electron chi connectivity index (χ3n) is 6.72. The monoisotopic (exact) mass is 564 g/mol. The Labute approximate surface area is 238 Å². The minimum atomic E-state index is -1.71. The zero-order valence-corrected chi connectivity index (χ0v) is 25.1. The number of rotatable bonds is 16. The summed E-state index contributed by atoms with van der Waals surface area (Å²) in [4.78, 5) is 52.9. The first-order valence-corrected chi connectivity index (χ1v) is 14.5. The van der Waals surface area contributed by atoms with Crippen molar-refractivity contribution in [1.29, 1.82) is 0 Å². The molecule has 0 bridgehead atoms. The number of cyclic esters (lactones) is 1. The number of hydrogen-bond acceptors (Lipinski definition) is 6. The van der Waals surface area contributed by atoms with Gasteiger partial charge in [-0.3, -0.25) is 14.4 Å². The highest BCUT2D eigenvalue weighted by atomic mass is 35.5. The molecule has 1 fully saturated rings. The van der Waals surface area contributed by atoms with E-state index < -0.39 is 40.7 Å². The van der Waals surface area contributed by atoms with Crippen molar-refractivity contribution in [3.05, 3.63) is 23.2 Å². The highest BCUT2D eigenvalue weighted by molar-refractivity contribution is 6.31. The molecular formula is C30H45ClN2O6.